The lowest BCUT2D eigenvalue weighted by atomic mass is 9.95. The summed E-state index contributed by atoms with van der Waals surface area (Å²) in [7, 11) is 0. The summed E-state index contributed by atoms with van der Waals surface area (Å²) in [5.41, 5.74) is 0. The zero-order chi connectivity index (χ0) is 10.6. The molecular weight excluding hydrogens is 198 g/mol. The Balaban J connectivity index is 2.23. The molecule has 0 aromatic rings. The zero-order valence-electron chi connectivity index (χ0n) is 8.36. The van der Waals surface area contributed by atoms with Crippen LogP contribution in [-0.4, -0.2) is 35.6 Å². The zero-order valence-corrected chi connectivity index (χ0v) is 9.18. The Bertz CT molecular complexity index is 247. The van der Waals surface area contributed by atoms with Crippen LogP contribution in [0.25, 0.3) is 0 Å². The van der Waals surface area contributed by atoms with Gasteiger partial charge in [-0.05, 0) is 11.3 Å². The molecule has 0 aromatic heterocycles. The smallest absolute Gasteiger partial charge is 0.410 e. The van der Waals surface area contributed by atoms with Crippen LogP contribution in [0, 0.1) is 5.92 Å². The van der Waals surface area contributed by atoms with Gasteiger partial charge in [-0.25, -0.2) is 4.79 Å². The van der Waals surface area contributed by atoms with Crippen molar-refractivity contribution in [3.8, 4) is 0 Å². The van der Waals surface area contributed by atoms with Crippen LogP contribution in [0.5, 0.6) is 0 Å². The van der Waals surface area contributed by atoms with Gasteiger partial charge in [-0.15, -0.1) is 0 Å². The monoisotopic (exact) mass is 213 g/mol. The van der Waals surface area contributed by atoms with Crippen LogP contribution in [0.15, 0.2) is 12.7 Å². The number of nitrogens with zero attached hydrogens (tertiary/aromatic N) is 1. The Hall–Kier alpha value is -0.900. The van der Waals surface area contributed by atoms with Crippen LogP contribution >= 0.6 is 12.2 Å². The number of carbonyl (C=O) groups is 1. The average Bonchev–Trinajstić information content (AvgIpc) is 2.11. The Labute approximate surface area is 89.7 Å². The minimum atomic E-state index is -0.264. The Morgan fingerprint density at radius 2 is 2.36 bits per heavy atom. The van der Waals surface area contributed by atoms with Crippen LogP contribution in [0.1, 0.15) is 13.3 Å². The first kappa shape index (κ1) is 11.2. The lowest BCUT2D eigenvalue weighted by molar-refractivity contribution is 0.0770. The third-order valence-electron chi connectivity index (χ3n) is 2.27. The molecule has 0 saturated carbocycles. The van der Waals surface area contributed by atoms with E-state index in [1.165, 1.54) is 0 Å². The number of ether oxygens (including phenoxy) is 1. The number of carbonyl (C=O) groups excluding carboxylic acids is 1. The van der Waals surface area contributed by atoms with E-state index in [4.69, 9.17) is 17.0 Å². The molecule has 78 valence electrons. The molecule has 0 aromatic carbocycles. The van der Waals surface area contributed by atoms with E-state index in [1.54, 1.807) is 11.0 Å². The summed E-state index contributed by atoms with van der Waals surface area (Å²) in [4.78, 5) is 14.0. The quantitative estimate of drug-likeness (QED) is 0.528. The van der Waals surface area contributed by atoms with E-state index in [2.05, 4.69) is 6.58 Å². The maximum absolute atomic E-state index is 11.3. The van der Waals surface area contributed by atoms with Gasteiger partial charge in [-0.2, -0.15) is 0 Å². The standard InChI is InChI=1S/C10H15NO2S/c1-3-5-13-10(12)11-6-8(7-11)9(14)4-2/h3,8H,1,4-7H2,2H3. The molecule has 1 aliphatic heterocycles. The van der Waals surface area contributed by atoms with Crippen LogP contribution in [0.2, 0.25) is 0 Å². The molecule has 0 radical (unpaired) electrons. The van der Waals surface area contributed by atoms with Gasteiger partial charge in [0.15, 0.2) is 0 Å². The first-order valence-corrected chi connectivity index (χ1v) is 5.15. The number of likely N-dealkylation sites (tertiary alicyclic amines) is 1. The average molecular weight is 213 g/mol. The Kier molecular flexibility index (Phi) is 4.07. The van der Waals surface area contributed by atoms with E-state index in [9.17, 15) is 4.79 Å². The maximum Gasteiger partial charge on any atom is 0.410 e. The van der Waals surface area contributed by atoms with Gasteiger partial charge in [-0.3, -0.25) is 0 Å². The highest BCUT2D eigenvalue weighted by Gasteiger charge is 2.33. The van der Waals surface area contributed by atoms with Crippen LogP contribution in [0.3, 0.4) is 0 Å². The molecule has 0 unspecified atom stereocenters. The fourth-order valence-electron chi connectivity index (χ4n) is 1.34. The summed E-state index contributed by atoms with van der Waals surface area (Å²) < 4.78 is 4.88. The summed E-state index contributed by atoms with van der Waals surface area (Å²) >= 11 is 5.16. The predicted molar refractivity (Wildman–Crippen MR) is 59.5 cm³/mol. The van der Waals surface area contributed by atoms with Crippen molar-refractivity contribution < 1.29 is 9.53 Å². The first-order valence-electron chi connectivity index (χ1n) is 4.74. The Morgan fingerprint density at radius 1 is 1.71 bits per heavy atom. The lowest BCUT2D eigenvalue weighted by Crippen LogP contribution is -2.52. The summed E-state index contributed by atoms with van der Waals surface area (Å²) in [5.74, 6) is 0.395. The summed E-state index contributed by atoms with van der Waals surface area (Å²) in [6.07, 6.45) is 2.21. The van der Waals surface area contributed by atoms with Gasteiger partial charge < -0.3 is 9.64 Å². The number of thiocarbonyl (C=S) groups is 1. The molecule has 1 fully saturated rings. The molecule has 3 nitrogen and oxygen atoms in total. The number of amides is 1. The third kappa shape index (κ3) is 2.54. The Morgan fingerprint density at radius 3 is 2.86 bits per heavy atom. The highest BCUT2D eigenvalue weighted by molar-refractivity contribution is 7.80. The van der Waals surface area contributed by atoms with Crippen molar-refractivity contribution in [1.82, 2.24) is 4.90 Å². The second kappa shape index (κ2) is 5.10. The van der Waals surface area contributed by atoms with Gasteiger partial charge in [0.1, 0.15) is 6.61 Å². The van der Waals surface area contributed by atoms with Gasteiger partial charge in [0.2, 0.25) is 0 Å². The van der Waals surface area contributed by atoms with Gasteiger partial charge >= 0.3 is 6.09 Å². The number of hydrogen-bond acceptors (Lipinski definition) is 3. The van der Waals surface area contributed by atoms with Crippen molar-refractivity contribution in [2.24, 2.45) is 5.92 Å². The summed E-state index contributed by atoms with van der Waals surface area (Å²) in [6.45, 7) is 7.22. The first-order chi connectivity index (χ1) is 6.69. The minimum absolute atomic E-state index is 0.264. The molecule has 1 aliphatic rings. The fourth-order valence-corrected chi connectivity index (χ4v) is 1.49. The second-order valence-corrected chi connectivity index (χ2v) is 3.81. The van der Waals surface area contributed by atoms with Gasteiger partial charge in [0, 0.05) is 19.0 Å². The normalized spacial score (nSPS) is 15.9. The molecule has 1 heterocycles. The summed E-state index contributed by atoms with van der Waals surface area (Å²) in [5, 5.41) is 0. The SMILES string of the molecule is C=CCOC(=O)N1CC(C(=S)CC)C1. The van der Waals surface area contributed by atoms with E-state index >= 15 is 0 Å². The van der Waals surface area contributed by atoms with Crippen molar-refractivity contribution in [3.63, 3.8) is 0 Å². The molecular formula is C10H15NO2S. The van der Waals surface area contributed by atoms with Crippen molar-refractivity contribution in [2.45, 2.75) is 13.3 Å². The highest BCUT2D eigenvalue weighted by Crippen LogP contribution is 2.19. The van der Waals surface area contributed by atoms with E-state index in [0.29, 0.717) is 19.0 Å². The number of hydrogen-bond donors (Lipinski definition) is 0. The van der Waals surface area contributed by atoms with E-state index in [1.807, 2.05) is 6.92 Å². The molecule has 0 bridgehead atoms. The summed E-state index contributed by atoms with van der Waals surface area (Å²) in [6, 6.07) is 0. The fraction of sp³-hybridized carbons (Fsp3) is 0.600. The second-order valence-electron chi connectivity index (χ2n) is 3.29. The highest BCUT2D eigenvalue weighted by atomic mass is 32.1. The van der Waals surface area contributed by atoms with E-state index < -0.39 is 0 Å². The molecule has 0 spiro atoms. The largest absolute Gasteiger partial charge is 0.445 e. The molecule has 0 aliphatic carbocycles. The predicted octanol–water partition coefficient (Wildman–Crippen LogP) is 2.02. The maximum atomic E-state index is 11.3. The molecule has 0 N–H and O–H groups in total. The van der Waals surface area contributed by atoms with Crippen molar-refractivity contribution >= 4 is 23.2 Å². The molecule has 14 heavy (non-hydrogen) atoms. The van der Waals surface area contributed by atoms with Gasteiger partial charge in [0.05, 0.1) is 0 Å². The topological polar surface area (TPSA) is 29.5 Å². The van der Waals surface area contributed by atoms with Gasteiger partial charge in [-0.1, -0.05) is 31.8 Å². The van der Waals surface area contributed by atoms with Crippen molar-refractivity contribution in [1.29, 1.82) is 0 Å². The molecule has 0 atom stereocenters. The van der Waals surface area contributed by atoms with Crippen molar-refractivity contribution in [3.05, 3.63) is 12.7 Å². The van der Waals surface area contributed by atoms with Crippen LogP contribution in [-0.2, 0) is 4.74 Å². The molecule has 1 rings (SSSR count). The van der Waals surface area contributed by atoms with E-state index in [-0.39, 0.29) is 12.7 Å². The minimum Gasteiger partial charge on any atom is -0.445 e. The molecule has 4 heteroatoms. The lowest BCUT2D eigenvalue weighted by Gasteiger charge is -2.38. The van der Waals surface area contributed by atoms with Crippen LogP contribution < -0.4 is 0 Å². The number of rotatable bonds is 4. The van der Waals surface area contributed by atoms with Crippen LogP contribution in [0.4, 0.5) is 4.79 Å². The van der Waals surface area contributed by atoms with E-state index in [0.717, 1.165) is 11.3 Å². The molecule has 1 amide bonds. The van der Waals surface area contributed by atoms with Crippen molar-refractivity contribution in [2.75, 3.05) is 19.7 Å². The third-order valence-corrected chi connectivity index (χ3v) is 2.89. The molecule has 1 saturated heterocycles. The van der Waals surface area contributed by atoms with Gasteiger partial charge in [0.25, 0.3) is 0 Å².